The van der Waals surface area contributed by atoms with Crippen LogP contribution in [-0.4, -0.2) is 41.5 Å². The second kappa shape index (κ2) is 7.52. The molecule has 1 aromatic heterocycles. The SMILES string of the molecule is CC(C)(C)OC(=O)NCC(=Cc1ccnc(N)c1)B1OC(C)(C)C(C)(C)O1. The van der Waals surface area contributed by atoms with E-state index in [9.17, 15) is 4.79 Å². The second-order valence-electron chi connectivity index (χ2n) is 8.68. The van der Waals surface area contributed by atoms with Crippen LogP contribution in [0.25, 0.3) is 6.08 Å². The number of nitrogens with zero attached hydrogens (tertiary/aromatic N) is 1. The molecule has 1 aliphatic heterocycles. The van der Waals surface area contributed by atoms with Crippen LogP contribution in [0, 0.1) is 0 Å². The highest BCUT2D eigenvalue weighted by Gasteiger charge is 2.52. The molecule has 148 valence electrons. The molecule has 0 radical (unpaired) electrons. The Morgan fingerprint density at radius 1 is 1.30 bits per heavy atom. The lowest BCUT2D eigenvalue weighted by Gasteiger charge is -2.32. The van der Waals surface area contributed by atoms with E-state index in [0.29, 0.717) is 5.82 Å². The molecule has 3 N–H and O–H groups in total. The van der Waals surface area contributed by atoms with Gasteiger partial charge in [0, 0.05) is 12.7 Å². The first-order valence-electron chi connectivity index (χ1n) is 9.03. The molecule has 0 aromatic carbocycles. The highest BCUT2D eigenvalue weighted by molar-refractivity contribution is 6.56. The number of hydrogen-bond donors (Lipinski definition) is 2. The van der Waals surface area contributed by atoms with Crippen LogP contribution < -0.4 is 11.1 Å². The van der Waals surface area contributed by atoms with Gasteiger partial charge in [0.05, 0.1) is 11.2 Å². The van der Waals surface area contributed by atoms with Crippen molar-refractivity contribution in [2.24, 2.45) is 0 Å². The van der Waals surface area contributed by atoms with Crippen molar-refractivity contribution in [1.29, 1.82) is 0 Å². The van der Waals surface area contributed by atoms with Crippen LogP contribution in [0.4, 0.5) is 10.6 Å². The highest BCUT2D eigenvalue weighted by Crippen LogP contribution is 2.38. The first kappa shape index (κ1) is 21.2. The number of anilines is 1. The number of amides is 1. The number of ether oxygens (including phenoxy) is 1. The summed E-state index contributed by atoms with van der Waals surface area (Å²) in [5.41, 5.74) is 5.83. The van der Waals surface area contributed by atoms with Gasteiger partial charge in [-0.3, -0.25) is 0 Å². The van der Waals surface area contributed by atoms with Gasteiger partial charge in [0.25, 0.3) is 0 Å². The minimum absolute atomic E-state index is 0.216. The monoisotopic (exact) mass is 375 g/mol. The lowest BCUT2D eigenvalue weighted by molar-refractivity contribution is 0.00578. The third-order valence-corrected chi connectivity index (χ3v) is 4.55. The second-order valence-corrected chi connectivity index (χ2v) is 8.68. The van der Waals surface area contributed by atoms with Gasteiger partial charge in [0.15, 0.2) is 0 Å². The molecule has 8 heteroatoms. The predicted octanol–water partition coefficient (Wildman–Crippen LogP) is 3.20. The molecule has 0 aliphatic carbocycles. The zero-order valence-electron chi connectivity index (χ0n) is 17.3. The Kier molecular flexibility index (Phi) is 5.92. The van der Waals surface area contributed by atoms with Crippen LogP contribution in [0.1, 0.15) is 54.0 Å². The van der Waals surface area contributed by atoms with Gasteiger partial charge in [-0.25, -0.2) is 9.78 Å². The van der Waals surface area contributed by atoms with Crippen LogP contribution in [0.5, 0.6) is 0 Å². The Morgan fingerprint density at radius 3 is 2.41 bits per heavy atom. The Morgan fingerprint density at radius 2 is 1.89 bits per heavy atom. The van der Waals surface area contributed by atoms with Gasteiger partial charge >= 0.3 is 13.2 Å². The topological polar surface area (TPSA) is 95.7 Å². The Bertz CT molecular complexity index is 710. The molecule has 0 spiro atoms. The number of hydrogen-bond acceptors (Lipinski definition) is 6. The number of nitrogens with one attached hydrogen (secondary N) is 1. The lowest BCUT2D eigenvalue weighted by atomic mass is 9.77. The predicted molar refractivity (Wildman–Crippen MR) is 107 cm³/mol. The Labute approximate surface area is 161 Å². The summed E-state index contributed by atoms with van der Waals surface area (Å²) in [7, 11) is -0.598. The average Bonchev–Trinajstić information content (AvgIpc) is 2.70. The van der Waals surface area contributed by atoms with Crippen molar-refractivity contribution in [2.75, 3.05) is 12.3 Å². The number of nitrogens with two attached hydrogens (primary N) is 1. The maximum absolute atomic E-state index is 12.1. The normalized spacial score (nSPS) is 19.1. The van der Waals surface area contributed by atoms with Crippen LogP contribution in [-0.2, 0) is 14.0 Å². The van der Waals surface area contributed by atoms with E-state index in [-0.39, 0.29) is 6.54 Å². The Hall–Kier alpha value is -2.06. The van der Waals surface area contributed by atoms with E-state index in [2.05, 4.69) is 10.3 Å². The molecule has 2 heterocycles. The van der Waals surface area contributed by atoms with E-state index in [0.717, 1.165) is 11.0 Å². The molecule has 2 rings (SSSR count). The van der Waals surface area contributed by atoms with Crippen molar-refractivity contribution in [3.63, 3.8) is 0 Å². The first-order valence-corrected chi connectivity index (χ1v) is 9.03. The van der Waals surface area contributed by atoms with Crippen molar-refractivity contribution >= 4 is 25.1 Å². The number of carbonyl (C=O) groups is 1. The van der Waals surface area contributed by atoms with Crippen molar-refractivity contribution < 1.29 is 18.8 Å². The molecule has 0 saturated carbocycles. The maximum atomic E-state index is 12.1. The standard InChI is InChI=1S/C19H30BN3O4/c1-17(2,3)25-16(24)23-12-14(10-13-8-9-22-15(21)11-13)20-26-18(4,5)19(6,7)27-20/h8-11H,12H2,1-7H3,(H2,21,22)(H,23,24). The summed E-state index contributed by atoms with van der Waals surface area (Å²) in [5, 5.41) is 2.77. The molecule has 0 unspecified atom stereocenters. The van der Waals surface area contributed by atoms with Gasteiger partial charge in [-0.1, -0.05) is 6.08 Å². The van der Waals surface area contributed by atoms with E-state index >= 15 is 0 Å². The van der Waals surface area contributed by atoms with Gasteiger partial charge in [0.1, 0.15) is 11.4 Å². The van der Waals surface area contributed by atoms with E-state index < -0.39 is 30.0 Å². The number of carbonyl (C=O) groups excluding carboxylic acids is 1. The zero-order chi connectivity index (χ0) is 20.5. The van der Waals surface area contributed by atoms with Gasteiger partial charge < -0.3 is 25.1 Å². The van der Waals surface area contributed by atoms with E-state index in [1.54, 1.807) is 12.3 Å². The largest absolute Gasteiger partial charge is 0.492 e. The highest BCUT2D eigenvalue weighted by atomic mass is 16.7. The molecule has 0 atom stereocenters. The molecule has 27 heavy (non-hydrogen) atoms. The van der Waals surface area contributed by atoms with Crippen molar-refractivity contribution in [3.05, 3.63) is 29.4 Å². The van der Waals surface area contributed by atoms with E-state index in [1.165, 1.54) is 0 Å². The number of pyridine rings is 1. The fourth-order valence-electron chi connectivity index (χ4n) is 2.45. The molecular weight excluding hydrogens is 345 g/mol. The summed E-state index contributed by atoms with van der Waals surface area (Å²) in [6.45, 7) is 13.6. The van der Waals surface area contributed by atoms with Gasteiger partial charge in [-0.15, -0.1) is 0 Å². The molecule has 1 fully saturated rings. The van der Waals surface area contributed by atoms with E-state index in [1.807, 2.05) is 60.6 Å². The summed E-state index contributed by atoms with van der Waals surface area (Å²) >= 11 is 0. The zero-order valence-corrected chi connectivity index (χ0v) is 17.3. The average molecular weight is 375 g/mol. The van der Waals surface area contributed by atoms with Gasteiger partial charge in [-0.05, 0) is 71.6 Å². The quantitative estimate of drug-likeness (QED) is 0.785. The number of aromatic nitrogens is 1. The number of nitrogen functional groups attached to an aromatic ring is 1. The summed E-state index contributed by atoms with van der Waals surface area (Å²) in [6, 6.07) is 3.58. The summed E-state index contributed by atoms with van der Waals surface area (Å²) in [5.74, 6) is 0.414. The molecule has 1 aromatic rings. The summed E-state index contributed by atoms with van der Waals surface area (Å²) in [4.78, 5) is 16.1. The third kappa shape index (κ3) is 5.71. The molecule has 1 aliphatic rings. The lowest BCUT2D eigenvalue weighted by Crippen LogP contribution is -2.41. The maximum Gasteiger partial charge on any atom is 0.492 e. The van der Waals surface area contributed by atoms with Crippen LogP contribution in [0.15, 0.2) is 23.8 Å². The number of rotatable bonds is 4. The molecule has 1 saturated heterocycles. The summed E-state index contributed by atoms with van der Waals surface area (Å²) in [6.07, 6.45) is 3.01. The van der Waals surface area contributed by atoms with Crippen molar-refractivity contribution in [1.82, 2.24) is 10.3 Å². The Balaban J connectivity index is 2.23. The van der Waals surface area contributed by atoms with Crippen molar-refractivity contribution in [3.8, 4) is 0 Å². The third-order valence-electron chi connectivity index (χ3n) is 4.55. The van der Waals surface area contributed by atoms with Crippen LogP contribution in [0.2, 0.25) is 0 Å². The smallest absolute Gasteiger partial charge is 0.444 e. The molecule has 1 amide bonds. The van der Waals surface area contributed by atoms with Gasteiger partial charge in [-0.2, -0.15) is 0 Å². The fourth-order valence-corrected chi connectivity index (χ4v) is 2.45. The molecule has 0 bridgehead atoms. The first-order chi connectivity index (χ1) is 12.3. The minimum atomic E-state index is -0.598. The van der Waals surface area contributed by atoms with Gasteiger partial charge in [0.2, 0.25) is 0 Å². The van der Waals surface area contributed by atoms with E-state index in [4.69, 9.17) is 19.8 Å². The fraction of sp³-hybridized carbons (Fsp3) is 0.579. The van der Waals surface area contributed by atoms with Crippen molar-refractivity contribution in [2.45, 2.75) is 65.3 Å². The molecule has 7 nitrogen and oxygen atoms in total. The summed E-state index contributed by atoms with van der Waals surface area (Å²) < 4.78 is 17.6. The van der Waals surface area contributed by atoms with Crippen LogP contribution in [0.3, 0.4) is 0 Å². The van der Waals surface area contributed by atoms with Crippen LogP contribution >= 0.6 is 0 Å². The molecular formula is C19H30BN3O4. The number of alkyl carbamates (subject to hydrolysis) is 1. The minimum Gasteiger partial charge on any atom is -0.444 e.